The van der Waals surface area contributed by atoms with Crippen LogP contribution in [0.2, 0.25) is 0 Å². The average Bonchev–Trinajstić information content (AvgIpc) is 3.41. The van der Waals surface area contributed by atoms with Crippen molar-refractivity contribution in [2.24, 2.45) is 5.92 Å². The number of nitrogens with zero attached hydrogens (tertiary/aromatic N) is 6. The van der Waals surface area contributed by atoms with E-state index < -0.39 is 5.41 Å². The minimum atomic E-state index is -0.690. The van der Waals surface area contributed by atoms with E-state index >= 15 is 0 Å². The number of aromatic nitrogens is 4. The number of nitrogens with one attached hydrogen (secondary N) is 2. The van der Waals surface area contributed by atoms with Crippen molar-refractivity contribution < 1.29 is 9.59 Å². The third kappa shape index (κ3) is 3.96. The molecule has 12 heteroatoms. The highest BCUT2D eigenvalue weighted by molar-refractivity contribution is 7.14. The van der Waals surface area contributed by atoms with Gasteiger partial charge in [-0.25, -0.2) is 0 Å². The molecule has 0 spiro atoms. The van der Waals surface area contributed by atoms with Gasteiger partial charge in [-0.05, 0) is 73.2 Å². The van der Waals surface area contributed by atoms with Gasteiger partial charge >= 0.3 is 0 Å². The van der Waals surface area contributed by atoms with E-state index in [0.717, 1.165) is 41.7 Å². The summed E-state index contributed by atoms with van der Waals surface area (Å²) in [4.78, 5) is 32.3. The molecule has 4 atom stereocenters. The zero-order chi connectivity index (χ0) is 25.7. The Balaban J connectivity index is 1.31. The Morgan fingerprint density at radius 2 is 2.22 bits per heavy atom. The Hall–Kier alpha value is -3.14. The number of hydrogen-bond acceptors (Lipinski definition) is 9. The van der Waals surface area contributed by atoms with Crippen LogP contribution in [0, 0.1) is 17.2 Å². The summed E-state index contributed by atoms with van der Waals surface area (Å²) < 4.78 is 0. The van der Waals surface area contributed by atoms with Gasteiger partial charge < -0.3 is 15.1 Å². The highest BCUT2D eigenvalue weighted by atomic mass is 32.1. The Labute approximate surface area is 222 Å². The first-order valence-corrected chi connectivity index (χ1v) is 14.2. The number of nitriles is 1. The molecule has 2 unspecified atom stereocenters. The minimum Gasteiger partial charge on any atom is -0.344 e. The standard InChI is InChI=1S/C25H28N8O2S2/c1-32(2)23(35)20-11-14-3-4-19-17(5-8-36-19)25(22(14)37-20,24-28-30-31-29-24)6-7-27-13-21(34)33-16(12-26)9-15-10-18(15)33/h5,8,11,15-16,18,27H,3-4,6-7,9-10,13H2,1-2H3,(H,28,29,30,31)/t15-,16?,18+,25?/m1/s1. The van der Waals surface area contributed by atoms with Gasteiger partial charge in [0.25, 0.3) is 5.91 Å². The fourth-order valence-electron chi connectivity index (χ4n) is 6.00. The smallest absolute Gasteiger partial charge is 0.263 e. The van der Waals surface area contributed by atoms with Gasteiger partial charge in [-0.15, -0.1) is 32.9 Å². The van der Waals surface area contributed by atoms with Crippen molar-refractivity contribution >= 4 is 34.5 Å². The number of H-pyrrole nitrogens is 1. The Bertz CT molecular complexity index is 1370. The maximum atomic E-state index is 13.0. The van der Waals surface area contributed by atoms with Crippen LogP contribution in [0.1, 0.15) is 55.6 Å². The van der Waals surface area contributed by atoms with Crippen molar-refractivity contribution in [3.05, 3.63) is 49.1 Å². The lowest BCUT2D eigenvalue weighted by Crippen LogP contribution is -2.43. The van der Waals surface area contributed by atoms with E-state index in [1.54, 1.807) is 35.2 Å². The molecule has 37 heavy (non-hydrogen) atoms. The molecular formula is C25H28N8O2S2. The van der Waals surface area contributed by atoms with Crippen LogP contribution in [-0.4, -0.2) is 81.5 Å². The quantitative estimate of drug-likeness (QED) is 0.441. The number of amides is 2. The fraction of sp³-hybridized carbons (Fsp3) is 0.520. The number of tetrazole rings is 1. The zero-order valence-corrected chi connectivity index (χ0v) is 22.4. The zero-order valence-electron chi connectivity index (χ0n) is 20.7. The average molecular weight is 537 g/mol. The molecule has 2 amide bonds. The first kappa shape index (κ1) is 24.2. The van der Waals surface area contributed by atoms with Crippen molar-refractivity contribution in [3.8, 4) is 6.07 Å². The van der Waals surface area contributed by atoms with Gasteiger partial charge in [-0.1, -0.05) is 5.21 Å². The molecule has 0 aromatic carbocycles. The Kier molecular flexibility index (Phi) is 6.09. The van der Waals surface area contributed by atoms with Gasteiger partial charge in [0, 0.05) is 29.9 Å². The number of hydrogen-bond donors (Lipinski definition) is 2. The summed E-state index contributed by atoms with van der Waals surface area (Å²) >= 11 is 3.23. The van der Waals surface area contributed by atoms with Gasteiger partial charge in [-0.3, -0.25) is 9.59 Å². The summed E-state index contributed by atoms with van der Waals surface area (Å²) in [6.45, 7) is 0.713. The predicted molar refractivity (Wildman–Crippen MR) is 138 cm³/mol. The van der Waals surface area contributed by atoms with Crippen LogP contribution < -0.4 is 5.32 Å². The van der Waals surface area contributed by atoms with Crippen molar-refractivity contribution in [2.75, 3.05) is 27.2 Å². The van der Waals surface area contributed by atoms with E-state index in [2.05, 4.69) is 43.5 Å². The van der Waals surface area contributed by atoms with E-state index in [0.29, 0.717) is 29.6 Å². The third-order valence-corrected chi connectivity index (χ3v) is 10.2. The second kappa shape index (κ2) is 9.31. The molecule has 4 heterocycles. The summed E-state index contributed by atoms with van der Waals surface area (Å²) in [5.74, 6) is 1.02. The number of aryl methyl sites for hydroxylation is 2. The molecule has 192 valence electrons. The summed E-state index contributed by atoms with van der Waals surface area (Å²) in [6.07, 6.45) is 4.12. The lowest BCUT2D eigenvalue weighted by Gasteiger charge is -2.31. The predicted octanol–water partition coefficient (Wildman–Crippen LogP) is 1.95. The number of piperidine rings is 1. The van der Waals surface area contributed by atoms with Crippen LogP contribution in [0.25, 0.3) is 0 Å². The van der Waals surface area contributed by atoms with Gasteiger partial charge in [0.2, 0.25) is 5.91 Å². The highest BCUT2D eigenvalue weighted by Crippen LogP contribution is 2.50. The van der Waals surface area contributed by atoms with Crippen LogP contribution in [0.15, 0.2) is 17.5 Å². The molecule has 1 aliphatic heterocycles. The normalized spacial score (nSPS) is 25.5. The summed E-state index contributed by atoms with van der Waals surface area (Å²) in [6, 6.07) is 6.38. The topological polar surface area (TPSA) is 131 Å². The maximum absolute atomic E-state index is 13.0. The Morgan fingerprint density at radius 3 is 2.97 bits per heavy atom. The number of thiophene rings is 2. The molecular weight excluding hydrogens is 508 g/mol. The van der Waals surface area contributed by atoms with Crippen molar-refractivity contribution in [3.63, 3.8) is 0 Å². The largest absolute Gasteiger partial charge is 0.344 e. The first-order valence-electron chi connectivity index (χ1n) is 12.5. The molecule has 3 aromatic heterocycles. The third-order valence-electron chi connectivity index (χ3n) is 7.86. The Morgan fingerprint density at radius 1 is 1.35 bits per heavy atom. The molecule has 3 aromatic rings. The van der Waals surface area contributed by atoms with Crippen LogP contribution in [0.4, 0.5) is 0 Å². The molecule has 2 fully saturated rings. The molecule has 0 radical (unpaired) electrons. The van der Waals surface area contributed by atoms with E-state index in [9.17, 15) is 14.9 Å². The lowest BCUT2D eigenvalue weighted by molar-refractivity contribution is -0.131. The summed E-state index contributed by atoms with van der Waals surface area (Å²) in [7, 11) is 3.53. The molecule has 2 aliphatic carbocycles. The number of likely N-dealkylation sites (tertiary alicyclic amines) is 1. The highest BCUT2D eigenvalue weighted by Gasteiger charge is 2.54. The number of fused-ring (bicyclic) bond motifs is 3. The van der Waals surface area contributed by atoms with E-state index in [1.165, 1.54) is 16.2 Å². The summed E-state index contributed by atoms with van der Waals surface area (Å²) in [5, 5.41) is 30.4. The van der Waals surface area contributed by atoms with E-state index in [4.69, 9.17) is 0 Å². The summed E-state index contributed by atoms with van der Waals surface area (Å²) in [5.41, 5.74) is 1.58. The fourth-order valence-corrected chi connectivity index (χ4v) is 8.42. The van der Waals surface area contributed by atoms with Crippen LogP contribution in [-0.2, 0) is 23.1 Å². The molecule has 1 saturated carbocycles. The van der Waals surface area contributed by atoms with Crippen molar-refractivity contribution in [1.29, 1.82) is 5.26 Å². The van der Waals surface area contributed by atoms with Gasteiger partial charge in [-0.2, -0.15) is 10.5 Å². The maximum Gasteiger partial charge on any atom is 0.263 e. The molecule has 1 saturated heterocycles. The molecule has 3 aliphatic rings. The molecule has 6 rings (SSSR count). The first-order chi connectivity index (χ1) is 17.9. The van der Waals surface area contributed by atoms with Gasteiger partial charge in [0.1, 0.15) is 6.04 Å². The van der Waals surface area contributed by atoms with Crippen molar-refractivity contribution in [1.82, 2.24) is 35.7 Å². The van der Waals surface area contributed by atoms with Gasteiger partial charge in [0.15, 0.2) is 5.82 Å². The number of rotatable bonds is 7. The van der Waals surface area contributed by atoms with E-state index in [1.807, 2.05) is 6.07 Å². The van der Waals surface area contributed by atoms with E-state index in [-0.39, 0.29) is 30.4 Å². The van der Waals surface area contributed by atoms with Gasteiger partial charge in [0.05, 0.1) is 22.9 Å². The van der Waals surface area contributed by atoms with Crippen LogP contribution in [0.3, 0.4) is 0 Å². The molecule has 10 nitrogen and oxygen atoms in total. The number of carbonyl (C=O) groups excluding carboxylic acids is 2. The number of carbonyl (C=O) groups is 2. The molecule has 2 N–H and O–H groups in total. The molecule has 0 bridgehead atoms. The number of aromatic amines is 1. The van der Waals surface area contributed by atoms with Crippen LogP contribution in [0.5, 0.6) is 0 Å². The second-order valence-corrected chi connectivity index (χ2v) is 12.3. The lowest BCUT2D eigenvalue weighted by atomic mass is 9.75. The van der Waals surface area contributed by atoms with Crippen molar-refractivity contribution in [2.45, 2.75) is 49.6 Å². The van der Waals surface area contributed by atoms with Crippen LogP contribution >= 0.6 is 22.7 Å². The minimum absolute atomic E-state index is 0.0158. The SMILES string of the molecule is CN(C)C(=O)c1cc2c(s1)C(CCNCC(=O)N1C(C#N)C[C@@H]3C[C@@H]31)(c1nn[nH]n1)c1ccsc1CC2. The monoisotopic (exact) mass is 536 g/mol. The second-order valence-electron chi connectivity index (χ2n) is 10.2.